The van der Waals surface area contributed by atoms with Gasteiger partial charge in [-0.1, -0.05) is 13.8 Å². The molecular formula is C4H12Cl2O. The second kappa shape index (κ2) is 84.6. The fourth-order valence-electron chi connectivity index (χ4n) is 0. The maximum absolute atomic E-state index is 7.00. The molecule has 0 aromatic rings. The summed E-state index contributed by atoms with van der Waals surface area (Å²) in [6.45, 7) is 4.00. The molecule has 0 rings (SSSR count). The van der Waals surface area contributed by atoms with Crippen LogP contribution in [0.1, 0.15) is 13.8 Å². The zero-order chi connectivity index (χ0) is 6.71. The van der Waals surface area contributed by atoms with Crippen LogP contribution in [0.4, 0.5) is 0 Å². The van der Waals surface area contributed by atoms with Crippen LogP contribution in [0.5, 0.6) is 0 Å². The fraction of sp³-hybridized carbons (Fsp3) is 1.00. The second-order valence-corrected chi connectivity index (χ2v) is 0.909. The van der Waals surface area contributed by atoms with Crippen molar-refractivity contribution >= 4 is 23.2 Å². The SMILES string of the molecule is CC.CO.ClCCl. The van der Waals surface area contributed by atoms with Crippen LogP contribution >= 0.6 is 23.2 Å². The number of aliphatic hydroxyl groups excluding tert-OH is 1. The Balaban J connectivity index is -0.0000000360. The number of alkyl halides is 2. The lowest BCUT2D eigenvalue weighted by atomic mass is 11.0. The first-order chi connectivity index (χ1) is 3.41. The Labute approximate surface area is 55.2 Å². The van der Waals surface area contributed by atoms with Gasteiger partial charge in [0, 0.05) is 7.11 Å². The smallest absolute Gasteiger partial charge is 0.0967 e. The number of halogens is 2. The summed E-state index contributed by atoms with van der Waals surface area (Å²) < 4.78 is 0. The zero-order valence-corrected chi connectivity index (χ0v) is 6.42. The lowest BCUT2D eigenvalue weighted by Crippen LogP contribution is -1.25. The molecule has 0 aliphatic carbocycles. The van der Waals surface area contributed by atoms with Crippen LogP contribution in [-0.4, -0.2) is 17.6 Å². The topological polar surface area (TPSA) is 20.2 Å². The van der Waals surface area contributed by atoms with Crippen molar-refractivity contribution in [2.24, 2.45) is 0 Å². The molecule has 0 aromatic carbocycles. The van der Waals surface area contributed by atoms with E-state index in [0.29, 0.717) is 0 Å². The third-order valence-electron chi connectivity index (χ3n) is 0. The predicted molar refractivity (Wildman–Crippen MR) is 36.1 cm³/mol. The Morgan fingerprint density at radius 1 is 1.14 bits per heavy atom. The lowest BCUT2D eigenvalue weighted by molar-refractivity contribution is 0.399. The molecule has 0 amide bonds. The van der Waals surface area contributed by atoms with Crippen LogP contribution < -0.4 is 0 Å². The normalized spacial score (nSPS) is 4.29. The molecule has 0 atom stereocenters. The van der Waals surface area contributed by atoms with Gasteiger partial charge in [-0.3, -0.25) is 0 Å². The minimum Gasteiger partial charge on any atom is -0.400 e. The van der Waals surface area contributed by atoms with Gasteiger partial charge in [-0.2, -0.15) is 0 Å². The van der Waals surface area contributed by atoms with E-state index in [1.807, 2.05) is 13.8 Å². The molecule has 0 heterocycles. The minimum atomic E-state index is 0.194. The molecule has 7 heavy (non-hydrogen) atoms. The highest BCUT2D eigenvalue weighted by Gasteiger charge is 1.41. The molecule has 0 spiro atoms. The van der Waals surface area contributed by atoms with Gasteiger partial charge < -0.3 is 5.11 Å². The fourth-order valence-corrected chi connectivity index (χ4v) is 0. The summed E-state index contributed by atoms with van der Waals surface area (Å²) in [4.78, 5) is 0. The number of aliphatic hydroxyl groups is 1. The molecule has 0 aliphatic heterocycles. The molecule has 0 saturated heterocycles. The van der Waals surface area contributed by atoms with Gasteiger partial charge in [0.25, 0.3) is 0 Å². The maximum atomic E-state index is 7.00. The van der Waals surface area contributed by atoms with Gasteiger partial charge in [-0.05, 0) is 0 Å². The second-order valence-electron chi connectivity index (χ2n) is 0.101. The lowest BCUT2D eigenvalue weighted by Gasteiger charge is -1.42. The molecule has 1 N–H and O–H groups in total. The van der Waals surface area contributed by atoms with E-state index in [0.717, 1.165) is 7.11 Å². The van der Waals surface area contributed by atoms with E-state index in [9.17, 15) is 0 Å². The van der Waals surface area contributed by atoms with Crippen molar-refractivity contribution in [3.8, 4) is 0 Å². The third-order valence-corrected chi connectivity index (χ3v) is 0. The summed E-state index contributed by atoms with van der Waals surface area (Å²) >= 11 is 9.53. The molecule has 48 valence electrons. The molecule has 1 nitrogen and oxygen atoms in total. The van der Waals surface area contributed by atoms with Crippen molar-refractivity contribution in [1.29, 1.82) is 0 Å². The molecule has 0 saturated carbocycles. The molecule has 0 fully saturated rings. The van der Waals surface area contributed by atoms with E-state index < -0.39 is 0 Å². The third kappa shape index (κ3) is 462. The van der Waals surface area contributed by atoms with Crippen molar-refractivity contribution in [2.75, 3.05) is 12.4 Å². The van der Waals surface area contributed by atoms with Crippen LogP contribution in [0.3, 0.4) is 0 Å². The van der Waals surface area contributed by atoms with Crippen molar-refractivity contribution in [2.45, 2.75) is 13.8 Å². The standard InChI is InChI=1S/C2H6.CH2Cl2.CH4O/c1-2;2-1-3;1-2/h1-2H3;1H2;2H,1H3. The number of hydrogen-bond donors (Lipinski definition) is 1. The first-order valence-corrected chi connectivity index (χ1v) is 3.05. The molecule has 3 heteroatoms. The van der Waals surface area contributed by atoms with Gasteiger partial charge in [0.05, 0.1) is 5.34 Å². The highest BCUT2D eigenvalue weighted by molar-refractivity contribution is 6.40. The van der Waals surface area contributed by atoms with Crippen LogP contribution in [-0.2, 0) is 0 Å². The van der Waals surface area contributed by atoms with E-state index >= 15 is 0 Å². The average Bonchev–Trinajstić information content (AvgIpc) is 1.78. The Bertz CT molecular complexity index is 9.65. The first kappa shape index (κ1) is 15.6. The quantitative estimate of drug-likeness (QED) is 0.520. The van der Waals surface area contributed by atoms with Gasteiger partial charge >= 0.3 is 0 Å². The summed E-state index contributed by atoms with van der Waals surface area (Å²) in [5, 5.41) is 7.19. The van der Waals surface area contributed by atoms with Crippen LogP contribution in [0, 0.1) is 0 Å². The minimum absolute atomic E-state index is 0.194. The number of hydrogen-bond acceptors (Lipinski definition) is 1. The van der Waals surface area contributed by atoms with Gasteiger partial charge in [-0.15, -0.1) is 23.2 Å². The van der Waals surface area contributed by atoms with E-state index in [1.54, 1.807) is 0 Å². The Morgan fingerprint density at radius 2 is 1.14 bits per heavy atom. The Morgan fingerprint density at radius 3 is 1.14 bits per heavy atom. The highest BCUT2D eigenvalue weighted by Crippen LogP contribution is 1.73. The molecule has 0 aliphatic rings. The summed E-state index contributed by atoms with van der Waals surface area (Å²) in [5.41, 5.74) is 0. The van der Waals surface area contributed by atoms with Crippen molar-refractivity contribution in [3.63, 3.8) is 0 Å². The monoisotopic (exact) mass is 146 g/mol. The predicted octanol–water partition coefficient (Wildman–Crippen LogP) is 2.06. The summed E-state index contributed by atoms with van der Waals surface area (Å²) in [6, 6.07) is 0. The summed E-state index contributed by atoms with van der Waals surface area (Å²) in [6.07, 6.45) is 0. The van der Waals surface area contributed by atoms with E-state index in [4.69, 9.17) is 28.3 Å². The average molecular weight is 147 g/mol. The van der Waals surface area contributed by atoms with E-state index in [2.05, 4.69) is 0 Å². The zero-order valence-electron chi connectivity index (χ0n) is 4.91. The highest BCUT2D eigenvalue weighted by atomic mass is 35.5. The Hall–Kier alpha value is 0.540. The van der Waals surface area contributed by atoms with Crippen molar-refractivity contribution < 1.29 is 5.11 Å². The molecule has 0 unspecified atom stereocenters. The van der Waals surface area contributed by atoms with Gasteiger partial charge in [0.2, 0.25) is 0 Å². The molecule has 0 bridgehead atoms. The van der Waals surface area contributed by atoms with Gasteiger partial charge in [0.15, 0.2) is 0 Å². The molecule has 0 aromatic heterocycles. The number of rotatable bonds is 0. The summed E-state index contributed by atoms with van der Waals surface area (Å²) in [5.74, 6) is 0. The van der Waals surface area contributed by atoms with Gasteiger partial charge in [-0.25, -0.2) is 0 Å². The van der Waals surface area contributed by atoms with E-state index in [1.165, 1.54) is 0 Å². The summed E-state index contributed by atoms with van der Waals surface area (Å²) in [7, 11) is 1.00. The van der Waals surface area contributed by atoms with Crippen LogP contribution in [0.25, 0.3) is 0 Å². The van der Waals surface area contributed by atoms with Gasteiger partial charge in [0.1, 0.15) is 0 Å². The van der Waals surface area contributed by atoms with Crippen molar-refractivity contribution in [3.05, 3.63) is 0 Å². The van der Waals surface area contributed by atoms with Crippen LogP contribution in [0.2, 0.25) is 0 Å². The van der Waals surface area contributed by atoms with Crippen LogP contribution in [0.15, 0.2) is 0 Å². The first-order valence-electron chi connectivity index (χ1n) is 1.98. The van der Waals surface area contributed by atoms with Crippen molar-refractivity contribution in [1.82, 2.24) is 0 Å². The molecule has 0 radical (unpaired) electrons. The van der Waals surface area contributed by atoms with E-state index in [-0.39, 0.29) is 5.34 Å². The largest absolute Gasteiger partial charge is 0.400 e. The maximum Gasteiger partial charge on any atom is 0.0967 e. The molecular weight excluding hydrogens is 135 g/mol. The Kier molecular flexibility index (Phi) is 189.